The van der Waals surface area contributed by atoms with E-state index in [2.05, 4.69) is 0 Å². The molecule has 0 amide bonds. The SMILES string of the molecule is CCOc1ccc2c(c1C(F)F)CC(F)(F)S2(=O)=O. The fourth-order valence-electron chi connectivity index (χ4n) is 2.04. The summed E-state index contributed by atoms with van der Waals surface area (Å²) >= 11 is 0. The number of hydrogen-bond acceptors (Lipinski definition) is 3. The number of fused-ring (bicyclic) bond motifs is 1. The molecule has 1 aromatic rings. The van der Waals surface area contributed by atoms with Gasteiger partial charge in [0.1, 0.15) is 5.75 Å². The van der Waals surface area contributed by atoms with Crippen LogP contribution in [0.1, 0.15) is 24.5 Å². The first-order valence-corrected chi connectivity index (χ1v) is 6.90. The van der Waals surface area contributed by atoms with Crippen LogP contribution >= 0.6 is 0 Å². The highest BCUT2D eigenvalue weighted by atomic mass is 32.2. The molecule has 1 aromatic carbocycles. The van der Waals surface area contributed by atoms with Gasteiger partial charge >= 0.3 is 5.25 Å². The fourth-order valence-corrected chi connectivity index (χ4v) is 3.45. The summed E-state index contributed by atoms with van der Waals surface area (Å²) in [6.45, 7) is 1.62. The summed E-state index contributed by atoms with van der Waals surface area (Å²) in [6.07, 6.45) is -4.33. The maximum absolute atomic E-state index is 13.4. The lowest BCUT2D eigenvalue weighted by Crippen LogP contribution is -2.24. The van der Waals surface area contributed by atoms with Crippen molar-refractivity contribution in [1.82, 2.24) is 0 Å². The van der Waals surface area contributed by atoms with E-state index in [0.717, 1.165) is 12.1 Å². The van der Waals surface area contributed by atoms with Gasteiger partial charge in [-0.25, -0.2) is 17.2 Å². The van der Waals surface area contributed by atoms with Crippen LogP contribution in [0, 0.1) is 0 Å². The van der Waals surface area contributed by atoms with Gasteiger partial charge in [-0.05, 0) is 24.6 Å². The van der Waals surface area contributed by atoms with Crippen molar-refractivity contribution in [1.29, 1.82) is 0 Å². The monoisotopic (exact) mass is 298 g/mol. The van der Waals surface area contributed by atoms with Crippen molar-refractivity contribution in [3.05, 3.63) is 23.3 Å². The molecule has 0 aromatic heterocycles. The van der Waals surface area contributed by atoms with Gasteiger partial charge in [-0.3, -0.25) is 0 Å². The third kappa shape index (κ3) is 1.98. The van der Waals surface area contributed by atoms with E-state index in [1.165, 1.54) is 0 Å². The van der Waals surface area contributed by atoms with Crippen molar-refractivity contribution < 1.29 is 30.7 Å². The van der Waals surface area contributed by atoms with E-state index in [-0.39, 0.29) is 12.4 Å². The molecule has 0 bridgehead atoms. The molecule has 0 N–H and O–H groups in total. The Hall–Kier alpha value is -1.31. The number of rotatable bonds is 3. The molecule has 1 aliphatic rings. The lowest BCUT2D eigenvalue weighted by molar-refractivity contribution is 0.0959. The van der Waals surface area contributed by atoms with Crippen LogP contribution in [-0.2, 0) is 16.3 Å². The first kappa shape index (κ1) is 14.1. The first-order valence-electron chi connectivity index (χ1n) is 5.41. The quantitative estimate of drug-likeness (QED) is 0.806. The first-order chi connectivity index (χ1) is 8.72. The van der Waals surface area contributed by atoms with Gasteiger partial charge in [-0.1, -0.05) is 0 Å². The largest absolute Gasteiger partial charge is 0.493 e. The second-order valence-corrected chi connectivity index (χ2v) is 6.05. The highest BCUT2D eigenvalue weighted by Gasteiger charge is 2.54. The minimum atomic E-state index is -4.89. The second-order valence-electron chi connectivity index (χ2n) is 4.01. The van der Waals surface area contributed by atoms with E-state index in [0.29, 0.717) is 0 Å². The summed E-state index contributed by atoms with van der Waals surface area (Å²) in [5.41, 5.74) is -1.31. The minimum Gasteiger partial charge on any atom is -0.493 e. The van der Waals surface area contributed by atoms with Gasteiger partial charge in [-0.15, -0.1) is 0 Å². The van der Waals surface area contributed by atoms with Gasteiger partial charge < -0.3 is 4.74 Å². The third-order valence-electron chi connectivity index (χ3n) is 2.86. The van der Waals surface area contributed by atoms with Crippen LogP contribution < -0.4 is 4.74 Å². The molecule has 0 atom stereocenters. The van der Waals surface area contributed by atoms with Crippen molar-refractivity contribution in [2.45, 2.75) is 29.9 Å². The summed E-state index contributed by atoms with van der Waals surface area (Å²) in [7, 11) is -4.89. The smallest absolute Gasteiger partial charge is 0.354 e. The van der Waals surface area contributed by atoms with Gasteiger partial charge in [0.25, 0.3) is 6.43 Å². The summed E-state index contributed by atoms with van der Waals surface area (Å²) in [5.74, 6) is -0.260. The summed E-state index contributed by atoms with van der Waals surface area (Å²) in [6, 6.07) is 1.88. The van der Waals surface area contributed by atoms with Crippen molar-refractivity contribution in [3.8, 4) is 5.75 Å². The van der Waals surface area contributed by atoms with Gasteiger partial charge in [0.05, 0.1) is 23.5 Å². The van der Waals surface area contributed by atoms with E-state index in [1.54, 1.807) is 6.92 Å². The number of benzene rings is 1. The molecular formula is C11H10F4O3S. The number of hydrogen-bond donors (Lipinski definition) is 0. The molecule has 0 spiro atoms. The van der Waals surface area contributed by atoms with Crippen molar-refractivity contribution in [3.63, 3.8) is 0 Å². The lowest BCUT2D eigenvalue weighted by Gasteiger charge is -2.12. The Balaban J connectivity index is 2.72. The average molecular weight is 298 g/mol. The van der Waals surface area contributed by atoms with Crippen molar-refractivity contribution in [2.24, 2.45) is 0 Å². The van der Waals surface area contributed by atoms with Gasteiger partial charge in [0.15, 0.2) is 0 Å². The minimum absolute atomic E-state index is 0.0711. The van der Waals surface area contributed by atoms with E-state index in [9.17, 15) is 26.0 Å². The highest BCUT2D eigenvalue weighted by Crippen LogP contribution is 2.47. The predicted molar refractivity (Wildman–Crippen MR) is 58.4 cm³/mol. The zero-order chi connectivity index (χ0) is 14.4. The Bertz CT molecular complexity index is 611. The Labute approximate surface area is 107 Å². The molecule has 0 radical (unpaired) electrons. The molecule has 0 fully saturated rings. The molecule has 0 saturated heterocycles. The molecule has 2 rings (SSSR count). The summed E-state index contributed by atoms with van der Waals surface area (Å²) in [5, 5.41) is -4.05. The van der Waals surface area contributed by atoms with Crippen LogP contribution in [0.25, 0.3) is 0 Å². The number of halogens is 4. The topological polar surface area (TPSA) is 43.4 Å². The lowest BCUT2D eigenvalue weighted by atomic mass is 10.0. The van der Waals surface area contributed by atoms with Crippen LogP contribution in [0.15, 0.2) is 17.0 Å². The molecule has 0 unspecified atom stereocenters. The van der Waals surface area contributed by atoms with Crippen LogP contribution in [0.3, 0.4) is 0 Å². The predicted octanol–water partition coefficient (Wildman–Crippen LogP) is 2.95. The Morgan fingerprint density at radius 3 is 2.53 bits per heavy atom. The Morgan fingerprint density at radius 1 is 1.37 bits per heavy atom. The van der Waals surface area contributed by atoms with E-state index >= 15 is 0 Å². The molecule has 1 aliphatic heterocycles. The fraction of sp³-hybridized carbons (Fsp3) is 0.455. The maximum atomic E-state index is 13.4. The summed E-state index contributed by atoms with van der Waals surface area (Å²) in [4.78, 5) is -0.740. The third-order valence-corrected chi connectivity index (χ3v) is 4.75. The average Bonchev–Trinajstić information content (AvgIpc) is 2.45. The molecule has 19 heavy (non-hydrogen) atoms. The van der Waals surface area contributed by atoms with Crippen LogP contribution in [-0.4, -0.2) is 20.3 Å². The molecule has 106 valence electrons. The molecule has 1 heterocycles. The molecule has 0 saturated carbocycles. The second kappa shape index (κ2) is 4.36. The number of sulfone groups is 1. The van der Waals surface area contributed by atoms with Crippen LogP contribution in [0.2, 0.25) is 0 Å². The van der Waals surface area contributed by atoms with E-state index in [1.807, 2.05) is 0 Å². The zero-order valence-electron chi connectivity index (χ0n) is 9.79. The highest BCUT2D eigenvalue weighted by molar-refractivity contribution is 7.92. The molecular weight excluding hydrogens is 288 g/mol. The van der Waals surface area contributed by atoms with Gasteiger partial charge in [0, 0.05) is 0 Å². The standard InChI is InChI=1S/C11H10F4O3S/c1-2-18-7-3-4-8-6(9(7)10(12)13)5-11(14,15)19(8,16)17/h3-4,10H,2,5H2,1H3. The summed E-state index contributed by atoms with van der Waals surface area (Å²) < 4.78 is 80.8. The van der Waals surface area contributed by atoms with Crippen molar-refractivity contribution in [2.75, 3.05) is 6.61 Å². The number of ether oxygens (including phenoxy) is 1. The maximum Gasteiger partial charge on any atom is 0.354 e. The van der Waals surface area contributed by atoms with E-state index in [4.69, 9.17) is 4.74 Å². The Morgan fingerprint density at radius 2 is 2.00 bits per heavy atom. The zero-order valence-corrected chi connectivity index (χ0v) is 10.6. The van der Waals surface area contributed by atoms with Crippen molar-refractivity contribution >= 4 is 9.84 Å². The molecule has 0 aliphatic carbocycles. The molecule has 8 heteroatoms. The number of alkyl halides is 4. The normalized spacial score (nSPS) is 19.5. The van der Waals surface area contributed by atoms with Gasteiger partial charge in [0.2, 0.25) is 9.84 Å². The van der Waals surface area contributed by atoms with Gasteiger partial charge in [-0.2, -0.15) is 8.78 Å². The Kier molecular flexibility index (Phi) is 3.24. The van der Waals surface area contributed by atoms with Crippen LogP contribution in [0.5, 0.6) is 5.75 Å². The van der Waals surface area contributed by atoms with E-state index < -0.39 is 44.0 Å². The van der Waals surface area contributed by atoms with Crippen LogP contribution in [0.4, 0.5) is 17.6 Å². The molecule has 3 nitrogen and oxygen atoms in total.